The lowest BCUT2D eigenvalue weighted by molar-refractivity contribution is -0.143. The summed E-state index contributed by atoms with van der Waals surface area (Å²) in [5.74, 6) is 0.262. The molecule has 0 aliphatic heterocycles. The van der Waals surface area contributed by atoms with E-state index in [1.165, 1.54) is 5.56 Å². The van der Waals surface area contributed by atoms with Gasteiger partial charge in [0.05, 0.1) is 4.47 Å². The Balaban J connectivity index is 2.19. The zero-order valence-electron chi connectivity index (χ0n) is 18.9. The molecule has 0 saturated heterocycles. The number of benzene rings is 2. The van der Waals surface area contributed by atoms with Crippen molar-refractivity contribution in [3.05, 3.63) is 64.1 Å². The van der Waals surface area contributed by atoms with Crippen molar-refractivity contribution in [3.8, 4) is 5.75 Å². The number of halogens is 1. The van der Waals surface area contributed by atoms with E-state index in [0.717, 1.165) is 22.9 Å². The lowest BCUT2D eigenvalue weighted by Crippen LogP contribution is -2.51. The van der Waals surface area contributed by atoms with Gasteiger partial charge in [0.2, 0.25) is 5.91 Å². The van der Waals surface area contributed by atoms with E-state index in [9.17, 15) is 9.59 Å². The molecule has 1 N–H and O–H groups in total. The fourth-order valence-electron chi connectivity index (χ4n) is 3.24. The van der Waals surface area contributed by atoms with Crippen LogP contribution in [-0.4, -0.2) is 35.4 Å². The number of amides is 2. The van der Waals surface area contributed by atoms with E-state index in [2.05, 4.69) is 28.2 Å². The first kappa shape index (κ1) is 24.9. The van der Waals surface area contributed by atoms with Gasteiger partial charge in [0.1, 0.15) is 11.8 Å². The topological polar surface area (TPSA) is 58.6 Å². The van der Waals surface area contributed by atoms with Crippen LogP contribution in [0.2, 0.25) is 0 Å². The maximum absolute atomic E-state index is 13.2. The smallest absolute Gasteiger partial charge is 0.261 e. The van der Waals surface area contributed by atoms with Gasteiger partial charge in [0.25, 0.3) is 5.91 Å². The third-order valence-corrected chi connectivity index (χ3v) is 5.96. The van der Waals surface area contributed by atoms with Gasteiger partial charge in [0.15, 0.2) is 6.61 Å². The van der Waals surface area contributed by atoms with Gasteiger partial charge in [-0.15, -0.1) is 0 Å². The van der Waals surface area contributed by atoms with Gasteiger partial charge in [-0.1, -0.05) is 57.2 Å². The van der Waals surface area contributed by atoms with Crippen molar-refractivity contribution >= 4 is 27.7 Å². The van der Waals surface area contributed by atoms with E-state index in [0.29, 0.717) is 18.7 Å². The first-order valence-electron chi connectivity index (χ1n) is 10.9. The Labute approximate surface area is 194 Å². The Kier molecular flexibility index (Phi) is 10.0. The number of hydrogen-bond acceptors (Lipinski definition) is 3. The Morgan fingerprint density at radius 1 is 1.03 bits per heavy atom. The Bertz CT molecular complexity index is 857. The average Bonchev–Trinajstić information content (AvgIpc) is 2.78. The highest BCUT2D eigenvalue weighted by Gasteiger charge is 2.29. The molecular weight excluding hydrogens is 456 g/mol. The SMILES string of the molecule is CCc1ccc(OCC(=O)N(Cc2ccccc2)[C@@H](CC)C(=O)N[C@@H](C)CC)c(Br)c1. The zero-order valence-corrected chi connectivity index (χ0v) is 20.4. The van der Waals surface area contributed by atoms with E-state index in [4.69, 9.17) is 4.74 Å². The summed E-state index contributed by atoms with van der Waals surface area (Å²) >= 11 is 3.52. The molecule has 6 heteroatoms. The summed E-state index contributed by atoms with van der Waals surface area (Å²) in [6.45, 7) is 8.22. The van der Waals surface area contributed by atoms with Crippen LogP contribution in [0.15, 0.2) is 53.0 Å². The predicted molar refractivity (Wildman–Crippen MR) is 128 cm³/mol. The van der Waals surface area contributed by atoms with Crippen molar-refractivity contribution in [2.24, 2.45) is 0 Å². The summed E-state index contributed by atoms with van der Waals surface area (Å²) in [5, 5.41) is 3.02. The molecule has 0 aliphatic carbocycles. The molecule has 0 heterocycles. The highest BCUT2D eigenvalue weighted by Crippen LogP contribution is 2.26. The minimum atomic E-state index is -0.559. The van der Waals surface area contributed by atoms with E-state index in [-0.39, 0.29) is 24.5 Å². The Morgan fingerprint density at radius 2 is 1.74 bits per heavy atom. The number of carbonyl (C=O) groups is 2. The molecule has 2 atom stereocenters. The number of aryl methyl sites for hydroxylation is 1. The number of nitrogens with zero attached hydrogens (tertiary/aromatic N) is 1. The standard InChI is InChI=1S/C25H33BrN2O3/c1-5-18(4)27-25(30)22(7-3)28(16-20-11-9-8-10-12-20)24(29)17-31-23-14-13-19(6-2)15-21(23)26/h8-15,18,22H,5-7,16-17H2,1-4H3,(H,27,30)/t18-,22-/m0/s1. The van der Waals surface area contributed by atoms with Crippen molar-refractivity contribution in [2.75, 3.05) is 6.61 Å². The molecule has 0 bridgehead atoms. The second-order valence-electron chi connectivity index (χ2n) is 7.66. The molecule has 0 aromatic heterocycles. The van der Waals surface area contributed by atoms with Gasteiger partial charge < -0.3 is 15.0 Å². The fraction of sp³-hybridized carbons (Fsp3) is 0.440. The molecule has 2 aromatic rings. The number of nitrogens with one attached hydrogen (secondary N) is 1. The average molecular weight is 489 g/mol. The lowest BCUT2D eigenvalue weighted by Gasteiger charge is -2.31. The van der Waals surface area contributed by atoms with Crippen LogP contribution in [0, 0.1) is 0 Å². The molecule has 0 fully saturated rings. The molecule has 2 aromatic carbocycles. The molecule has 31 heavy (non-hydrogen) atoms. The highest BCUT2D eigenvalue weighted by molar-refractivity contribution is 9.10. The summed E-state index contributed by atoms with van der Waals surface area (Å²) in [4.78, 5) is 27.8. The van der Waals surface area contributed by atoms with Crippen LogP contribution in [0.5, 0.6) is 5.75 Å². The van der Waals surface area contributed by atoms with Gasteiger partial charge in [0, 0.05) is 12.6 Å². The van der Waals surface area contributed by atoms with Crippen molar-refractivity contribution in [2.45, 2.75) is 65.6 Å². The monoisotopic (exact) mass is 488 g/mol. The predicted octanol–water partition coefficient (Wildman–Crippen LogP) is 5.11. The number of rotatable bonds is 11. The molecule has 0 aliphatic rings. The quantitative estimate of drug-likeness (QED) is 0.477. The van der Waals surface area contributed by atoms with Gasteiger partial charge in [-0.2, -0.15) is 0 Å². The number of carbonyl (C=O) groups excluding carboxylic acids is 2. The molecule has 0 saturated carbocycles. The third kappa shape index (κ3) is 7.39. The highest BCUT2D eigenvalue weighted by atomic mass is 79.9. The Morgan fingerprint density at radius 3 is 2.32 bits per heavy atom. The minimum Gasteiger partial charge on any atom is -0.483 e. The normalized spacial score (nSPS) is 12.7. The van der Waals surface area contributed by atoms with Crippen LogP contribution in [0.4, 0.5) is 0 Å². The van der Waals surface area contributed by atoms with Gasteiger partial charge >= 0.3 is 0 Å². The maximum Gasteiger partial charge on any atom is 0.261 e. The second kappa shape index (κ2) is 12.5. The summed E-state index contributed by atoms with van der Waals surface area (Å²) < 4.78 is 6.64. The van der Waals surface area contributed by atoms with Crippen LogP contribution >= 0.6 is 15.9 Å². The minimum absolute atomic E-state index is 0.0551. The van der Waals surface area contributed by atoms with Crippen molar-refractivity contribution in [1.82, 2.24) is 10.2 Å². The van der Waals surface area contributed by atoms with E-state index >= 15 is 0 Å². The fourth-order valence-corrected chi connectivity index (χ4v) is 3.79. The van der Waals surface area contributed by atoms with Crippen LogP contribution in [0.3, 0.4) is 0 Å². The van der Waals surface area contributed by atoms with Crippen LogP contribution < -0.4 is 10.1 Å². The molecule has 168 valence electrons. The van der Waals surface area contributed by atoms with Crippen molar-refractivity contribution < 1.29 is 14.3 Å². The number of hydrogen-bond donors (Lipinski definition) is 1. The molecule has 0 unspecified atom stereocenters. The van der Waals surface area contributed by atoms with E-state index < -0.39 is 6.04 Å². The molecule has 5 nitrogen and oxygen atoms in total. The largest absolute Gasteiger partial charge is 0.483 e. The summed E-state index contributed by atoms with van der Waals surface area (Å²) in [7, 11) is 0. The van der Waals surface area contributed by atoms with Gasteiger partial charge in [-0.3, -0.25) is 9.59 Å². The van der Waals surface area contributed by atoms with Crippen molar-refractivity contribution in [1.29, 1.82) is 0 Å². The maximum atomic E-state index is 13.2. The summed E-state index contributed by atoms with van der Waals surface area (Å²) in [6.07, 6.45) is 2.28. The summed E-state index contributed by atoms with van der Waals surface area (Å²) in [5.41, 5.74) is 2.16. The molecule has 2 amide bonds. The number of ether oxygens (including phenoxy) is 1. The third-order valence-electron chi connectivity index (χ3n) is 5.34. The Hall–Kier alpha value is -2.34. The van der Waals surface area contributed by atoms with Crippen LogP contribution in [-0.2, 0) is 22.6 Å². The van der Waals surface area contributed by atoms with Gasteiger partial charge in [-0.25, -0.2) is 0 Å². The van der Waals surface area contributed by atoms with E-state index in [1.54, 1.807) is 4.90 Å². The van der Waals surface area contributed by atoms with E-state index in [1.807, 2.05) is 69.3 Å². The zero-order chi connectivity index (χ0) is 22.8. The molecule has 0 spiro atoms. The molecular formula is C25H33BrN2O3. The van der Waals surface area contributed by atoms with Crippen molar-refractivity contribution in [3.63, 3.8) is 0 Å². The lowest BCUT2D eigenvalue weighted by atomic mass is 10.1. The molecule has 2 rings (SSSR count). The summed E-state index contributed by atoms with van der Waals surface area (Å²) in [6, 6.07) is 15.1. The van der Waals surface area contributed by atoms with Crippen LogP contribution in [0.25, 0.3) is 0 Å². The van der Waals surface area contributed by atoms with Crippen LogP contribution in [0.1, 0.15) is 51.7 Å². The van der Waals surface area contributed by atoms with Gasteiger partial charge in [-0.05, 0) is 65.4 Å². The first-order valence-corrected chi connectivity index (χ1v) is 11.7. The second-order valence-corrected chi connectivity index (χ2v) is 8.51. The first-order chi connectivity index (χ1) is 14.9. The molecule has 0 radical (unpaired) electrons.